The van der Waals surface area contributed by atoms with Crippen molar-refractivity contribution >= 4 is 17.8 Å². The summed E-state index contributed by atoms with van der Waals surface area (Å²) < 4.78 is 10.9. The fourth-order valence-corrected chi connectivity index (χ4v) is 3.12. The van der Waals surface area contributed by atoms with Crippen LogP contribution in [0, 0.1) is 5.92 Å². The molecular weight excluding hydrogens is 348 g/mol. The van der Waals surface area contributed by atoms with Gasteiger partial charge in [0.15, 0.2) is 6.10 Å². The number of nitrogens with two attached hydrogens (primary N) is 1. The highest BCUT2D eigenvalue weighted by Crippen LogP contribution is 2.18. The number of carbonyl (C=O) groups excluding carboxylic acids is 3. The maximum atomic E-state index is 12.5. The normalized spacial score (nSPS) is 18.1. The zero-order valence-electron chi connectivity index (χ0n) is 16.1. The molecule has 0 bridgehead atoms. The minimum absolute atomic E-state index is 0.0404. The molecule has 0 aromatic heterocycles. The molecule has 1 saturated heterocycles. The Kier molecular flexibility index (Phi) is 7.21. The largest absolute Gasteiger partial charge is 0.491 e. The van der Waals surface area contributed by atoms with Crippen LogP contribution >= 0.6 is 0 Å². The smallest absolute Gasteiger partial charge is 0.311 e. The van der Waals surface area contributed by atoms with Crippen LogP contribution in [0.1, 0.15) is 39.2 Å². The first-order valence-corrected chi connectivity index (χ1v) is 9.29. The molecule has 2 amide bonds. The summed E-state index contributed by atoms with van der Waals surface area (Å²) in [5.74, 6) is -0.840. The lowest BCUT2D eigenvalue weighted by molar-refractivity contribution is -0.159. The van der Waals surface area contributed by atoms with E-state index >= 15 is 0 Å². The van der Waals surface area contributed by atoms with E-state index in [0.717, 1.165) is 5.56 Å². The van der Waals surface area contributed by atoms with Gasteiger partial charge in [0.05, 0.1) is 18.4 Å². The van der Waals surface area contributed by atoms with E-state index in [1.165, 1.54) is 0 Å². The second kappa shape index (κ2) is 9.39. The summed E-state index contributed by atoms with van der Waals surface area (Å²) >= 11 is 0. The Morgan fingerprint density at radius 1 is 1.26 bits per heavy atom. The summed E-state index contributed by atoms with van der Waals surface area (Å²) in [5.41, 5.74) is 6.10. The predicted molar refractivity (Wildman–Crippen MR) is 100.0 cm³/mol. The SMILES string of the molecule is CC(C)Oc1cccc(CC(=O)OC(C)C(=O)N2CCCC(C(N)=O)C2)c1. The van der Waals surface area contributed by atoms with Crippen molar-refractivity contribution in [2.75, 3.05) is 13.1 Å². The third-order valence-electron chi connectivity index (χ3n) is 4.41. The fraction of sp³-hybridized carbons (Fsp3) is 0.550. The number of nitrogens with zero attached hydrogens (tertiary/aromatic N) is 1. The van der Waals surface area contributed by atoms with Crippen LogP contribution in [-0.2, 0) is 25.5 Å². The number of hydrogen-bond donors (Lipinski definition) is 1. The highest BCUT2D eigenvalue weighted by molar-refractivity contribution is 5.85. The van der Waals surface area contributed by atoms with Crippen molar-refractivity contribution in [3.63, 3.8) is 0 Å². The molecule has 0 radical (unpaired) electrons. The number of ether oxygens (including phenoxy) is 2. The van der Waals surface area contributed by atoms with Crippen molar-refractivity contribution < 1.29 is 23.9 Å². The van der Waals surface area contributed by atoms with Gasteiger partial charge in [-0.15, -0.1) is 0 Å². The van der Waals surface area contributed by atoms with Gasteiger partial charge in [-0.2, -0.15) is 0 Å². The second-order valence-electron chi connectivity index (χ2n) is 7.15. The summed E-state index contributed by atoms with van der Waals surface area (Å²) in [6, 6.07) is 7.23. The van der Waals surface area contributed by atoms with Crippen LogP contribution in [0.25, 0.3) is 0 Å². The van der Waals surface area contributed by atoms with Crippen molar-refractivity contribution in [2.24, 2.45) is 11.7 Å². The fourth-order valence-electron chi connectivity index (χ4n) is 3.12. The number of hydrogen-bond acceptors (Lipinski definition) is 5. The number of carbonyl (C=O) groups is 3. The van der Waals surface area contributed by atoms with Crippen molar-refractivity contribution in [3.05, 3.63) is 29.8 Å². The van der Waals surface area contributed by atoms with Crippen LogP contribution in [-0.4, -0.2) is 48.0 Å². The number of piperidine rings is 1. The maximum Gasteiger partial charge on any atom is 0.311 e. The van der Waals surface area contributed by atoms with E-state index in [-0.39, 0.29) is 30.9 Å². The van der Waals surface area contributed by atoms with Gasteiger partial charge in [-0.05, 0) is 51.3 Å². The Hall–Kier alpha value is -2.57. The molecule has 1 aromatic carbocycles. The van der Waals surface area contributed by atoms with E-state index in [4.69, 9.17) is 15.2 Å². The van der Waals surface area contributed by atoms with Crippen molar-refractivity contribution in [2.45, 2.75) is 52.2 Å². The minimum Gasteiger partial charge on any atom is -0.491 e. The molecule has 7 heteroatoms. The molecule has 0 spiro atoms. The molecule has 2 atom stereocenters. The molecule has 1 heterocycles. The van der Waals surface area contributed by atoms with Crippen LogP contribution < -0.4 is 10.5 Å². The van der Waals surface area contributed by atoms with Gasteiger partial charge in [-0.3, -0.25) is 14.4 Å². The van der Waals surface area contributed by atoms with E-state index < -0.39 is 18.0 Å². The number of benzene rings is 1. The highest BCUT2D eigenvalue weighted by atomic mass is 16.5. The van der Waals surface area contributed by atoms with Gasteiger partial charge < -0.3 is 20.1 Å². The van der Waals surface area contributed by atoms with Crippen molar-refractivity contribution in [3.8, 4) is 5.75 Å². The molecule has 7 nitrogen and oxygen atoms in total. The number of likely N-dealkylation sites (tertiary alicyclic amines) is 1. The van der Waals surface area contributed by atoms with Crippen LogP contribution in [0.5, 0.6) is 5.75 Å². The van der Waals surface area contributed by atoms with Gasteiger partial charge in [-0.25, -0.2) is 0 Å². The average molecular weight is 376 g/mol. The molecule has 2 rings (SSSR count). The average Bonchev–Trinajstić information content (AvgIpc) is 2.60. The highest BCUT2D eigenvalue weighted by Gasteiger charge is 2.30. The molecule has 1 fully saturated rings. The van der Waals surface area contributed by atoms with Gasteiger partial charge in [-0.1, -0.05) is 12.1 Å². The predicted octanol–water partition coefficient (Wildman–Crippen LogP) is 1.67. The molecule has 1 aliphatic rings. The lowest BCUT2D eigenvalue weighted by Gasteiger charge is -2.32. The minimum atomic E-state index is -0.903. The van der Waals surface area contributed by atoms with E-state index in [1.54, 1.807) is 17.9 Å². The number of amides is 2. The number of rotatable bonds is 7. The van der Waals surface area contributed by atoms with Crippen LogP contribution in [0.3, 0.4) is 0 Å². The van der Waals surface area contributed by atoms with E-state index in [9.17, 15) is 14.4 Å². The van der Waals surface area contributed by atoms with E-state index in [1.807, 2.05) is 32.0 Å². The molecule has 27 heavy (non-hydrogen) atoms. The first-order valence-electron chi connectivity index (χ1n) is 9.29. The molecule has 0 aliphatic carbocycles. The Bertz CT molecular complexity index is 689. The van der Waals surface area contributed by atoms with Gasteiger partial charge in [0, 0.05) is 13.1 Å². The summed E-state index contributed by atoms with van der Waals surface area (Å²) in [7, 11) is 0. The lowest BCUT2D eigenvalue weighted by atomic mass is 9.97. The van der Waals surface area contributed by atoms with Crippen LogP contribution in [0.4, 0.5) is 0 Å². The van der Waals surface area contributed by atoms with Crippen molar-refractivity contribution in [1.29, 1.82) is 0 Å². The zero-order chi connectivity index (χ0) is 20.0. The van der Waals surface area contributed by atoms with Crippen molar-refractivity contribution in [1.82, 2.24) is 4.90 Å². The molecule has 1 aromatic rings. The quantitative estimate of drug-likeness (QED) is 0.730. The second-order valence-corrected chi connectivity index (χ2v) is 7.15. The Labute approximate surface area is 159 Å². The summed E-state index contributed by atoms with van der Waals surface area (Å²) in [5, 5.41) is 0. The maximum absolute atomic E-state index is 12.5. The van der Waals surface area contributed by atoms with E-state index in [2.05, 4.69) is 0 Å². The molecule has 1 aliphatic heterocycles. The zero-order valence-corrected chi connectivity index (χ0v) is 16.1. The topological polar surface area (TPSA) is 98.9 Å². The van der Waals surface area contributed by atoms with Crippen LogP contribution in [0.2, 0.25) is 0 Å². The molecule has 148 valence electrons. The summed E-state index contributed by atoms with van der Waals surface area (Å²) in [6.07, 6.45) is 0.583. The molecule has 2 N–H and O–H groups in total. The third-order valence-corrected chi connectivity index (χ3v) is 4.41. The molecule has 0 saturated carbocycles. The molecule has 2 unspecified atom stereocenters. The first-order chi connectivity index (χ1) is 12.8. The van der Waals surface area contributed by atoms with Gasteiger partial charge in [0.25, 0.3) is 5.91 Å². The molecular formula is C20H28N2O5. The summed E-state index contributed by atoms with van der Waals surface area (Å²) in [6.45, 7) is 6.23. The number of primary amides is 1. The van der Waals surface area contributed by atoms with Crippen LogP contribution in [0.15, 0.2) is 24.3 Å². The van der Waals surface area contributed by atoms with Gasteiger partial charge >= 0.3 is 5.97 Å². The Morgan fingerprint density at radius 3 is 2.67 bits per heavy atom. The number of esters is 1. The van der Waals surface area contributed by atoms with E-state index in [0.29, 0.717) is 25.1 Å². The van der Waals surface area contributed by atoms with Gasteiger partial charge in [0.1, 0.15) is 5.75 Å². The standard InChI is InChI=1S/C20H28N2O5/c1-13(2)26-17-8-4-6-15(10-17)11-18(23)27-14(3)20(25)22-9-5-7-16(12-22)19(21)24/h4,6,8,10,13-14,16H,5,7,9,11-12H2,1-3H3,(H2,21,24). The first kappa shape index (κ1) is 20.7. The lowest BCUT2D eigenvalue weighted by Crippen LogP contribution is -2.48. The monoisotopic (exact) mass is 376 g/mol. The summed E-state index contributed by atoms with van der Waals surface area (Å²) in [4.78, 5) is 37.6. The Morgan fingerprint density at radius 2 is 2.00 bits per heavy atom. The Balaban J connectivity index is 1.89. The third kappa shape index (κ3) is 6.27. The van der Waals surface area contributed by atoms with Gasteiger partial charge in [0.2, 0.25) is 5.91 Å².